The molecule has 14 heavy (non-hydrogen) atoms. The van der Waals surface area contributed by atoms with Crippen molar-refractivity contribution in [3.8, 4) is 0 Å². The van der Waals surface area contributed by atoms with Crippen LogP contribution in [0, 0.1) is 5.92 Å². The number of hydrogen-bond acceptors (Lipinski definition) is 1. The summed E-state index contributed by atoms with van der Waals surface area (Å²) in [6.45, 7) is 5.42. The molecular formula is C11H13BrN2. The Labute approximate surface area is 92.1 Å². The van der Waals surface area contributed by atoms with Crippen molar-refractivity contribution in [3.05, 3.63) is 29.0 Å². The van der Waals surface area contributed by atoms with Gasteiger partial charge in [0, 0.05) is 6.54 Å². The molecule has 0 radical (unpaired) electrons. The maximum atomic E-state index is 4.45. The lowest BCUT2D eigenvalue weighted by atomic mass is 10.2. The van der Waals surface area contributed by atoms with Gasteiger partial charge < -0.3 is 4.57 Å². The van der Waals surface area contributed by atoms with E-state index in [-0.39, 0.29) is 0 Å². The van der Waals surface area contributed by atoms with Gasteiger partial charge in [0.25, 0.3) is 0 Å². The van der Waals surface area contributed by atoms with Gasteiger partial charge >= 0.3 is 0 Å². The average molecular weight is 253 g/mol. The van der Waals surface area contributed by atoms with E-state index in [1.165, 1.54) is 5.52 Å². The lowest BCUT2D eigenvalue weighted by Gasteiger charge is -2.08. The Morgan fingerprint density at radius 3 is 2.79 bits per heavy atom. The van der Waals surface area contributed by atoms with Gasteiger partial charge in [0.1, 0.15) is 0 Å². The molecular weight excluding hydrogens is 240 g/mol. The minimum atomic E-state index is 0.629. The summed E-state index contributed by atoms with van der Waals surface area (Å²) < 4.78 is 3.13. The number of para-hydroxylation sites is 2. The molecule has 0 N–H and O–H groups in total. The second-order valence-electron chi connectivity index (χ2n) is 3.87. The molecule has 0 unspecified atom stereocenters. The highest BCUT2D eigenvalue weighted by atomic mass is 79.9. The highest BCUT2D eigenvalue weighted by molar-refractivity contribution is 9.10. The lowest BCUT2D eigenvalue weighted by molar-refractivity contribution is 0.526. The quantitative estimate of drug-likeness (QED) is 0.801. The molecule has 0 spiro atoms. The van der Waals surface area contributed by atoms with Gasteiger partial charge in [-0.05, 0) is 34.0 Å². The Kier molecular flexibility index (Phi) is 2.59. The first-order valence-corrected chi connectivity index (χ1v) is 5.58. The summed E-state index contributed by atoms with van der Waals surface area (Å²) >= 11 is 3.49. The van der Waals surface area contributed by atoms with Gasteiger partial charge in [0.2, 0.25) is 0 Å². The lowest BCUT2D eigenvalue weighted by Crippen LogP contribution is -2.04. The largest absolute Gasteiger partial charge is 0.318 e. The number of rotatable bonds is 2. The van der Waals surface area contributed by atoms with Crippen LogP contribution in [0.5, 0.6) is 0 Å². The fraction of sp³-hybridized carbons (Fsp3) is 0.364. The van der Waals surface area contributed by atoms with Crippen molar-refractivity contribution in [1.82, 2.24) is 9.55 Å². The van der Waals surface area contributed by atoms with E-state index < -0.39 is 0 Å². The highest BCUT2D eigenvalue weighted by Gasteiger charge is 2.08. The van der Waals surface area contributed by atoms with Crippen molar-refractivity contribution in [2.24, 2.45) is 5.92 Å². The molecule has 1 heterocycles. The fourth-order valence-corrected chi connectivity index (χ4v) is 2.11. The third-order valence-electron chi connectivity index (χ3n) is 2.16. The monoisotopic (exact) mass is 252 g/mol. The second kappa shape index (κ2) is 3.73. The molecule has 0 saturated heterocycles. The van der Waals surface area contributed by atoms with Crippen molar-refractivity contribution < 1.29 is 0 Å². The van der Waals surface area contributed by atoms with Crippen LogP contribution < -0.4 is 0 Å². The van der Waals surface area contributed by atoms with E-state index in [2.05, 4.69) is 45.4 Å². The van der Waals surface area contributed by atoms with E-state index in [4.69, 9.17) is 0 Å². The average Bonchev–Trinajstić information content (AvgIpc) is 2.43. The van der Waals surface area contributed by atoms with Crippen LogP contribution in [0.25, 0.3) is 11.0 Å². The van der Waals surface area contributed by atoms with E-state index >= 15 is 0 Å². The molecule has 0 fully saturated rings. The van der Waals surface area contributed by atoms with Crippen LogP contribution in [-0.4, -0.2) is 9.55 Å². The number of benzene rings is 1. The third kappa shape index (κ3) is 1.69. The SMILES string of the molecule is CC(C)Cn1c(Br)nc2ccccc21. The van der Waals surface area contributed by atoms with Gasteiger partial charge in [-0.25, -0.2) is 4.98 Å². The van der Waals surface area contributed by atoms with Crippen LogP contribution in [0.4, 0.5) is 0 Å². The Hall–Kier alpha value is -0.830. The molecule has 74 valence electrons. The normalized spacial score (nSPS) is 11.4. The van der Waals surface area contributed by atoms with Crippen molar-refractivity contribution in [2.75, 3.05) is 0 Å². The van der Waals surface area contributed by atoms with Crippen LogP contribution in [0.1, 0.15) is 13.8 Å². The fourth-order valence-electron chi connectivity index (χ4n) is 1.58. The third-order valence-corrected chi connectivity index (χ3v) is 2.76. The van der Waals surface area contributed by atoms with Gasteiger partial charge in [-0.15, -0.1) is 0 Å². The predicted molar refractivity (Wildman–Crippen MR) is 62.3 cm³/mol. The number of halogens is 1. The zero-order chi connectivity index (χ0) is 10.1. The maximum Gasteiger partial charge on any atom is 0.178 e. The minimum absolute atomic E-state index is 0.629. The van der Waals surface area contributed by atoms with Crippen LogP contribution >= 0.6 is 15.9 Å². The van der Waals surface area contributed by atoms with E-state index in [9.17, 15) is 0 Å². The first-order chi connectivity index (χ1) is 6.68. The van der Waals surface area contributed by atoms with Crippen molar-refractivity contribution in [1.29, 1.82) is 0 Å². The minimum Gasteiger partial charge on any atom is -0.318 e. The molecule has 0 aliphatic carbocycles. The molecule has 3 heteroatoms. The Balaban J connectivity index is 2.56. The Morgan fingerprint density at radius 1 is 1.36 bits per heavy atom. The van der Waals surface area contributed by atoms with Crippen LogP contribution in [0.3, 0.4) is 0 Å². The summed E-state index contributed by atoms with van der Waals surface area (Å²) in [5.74, 6) is 0.629. The zero-order valence-electron chi connectivity index (χ0n) is 8.37. The molecule has 0 bridgehead atoms. The van der Waals surface area contributed by atoms with E-state index in [1.807, 2.05) is 18.2 Å². The summed E-state index contributed by atoms with van der Waals surface area (Å²) in [5.41, 5.74) is 2.26. The van der Waals surface area contributed by atoms with Gasteiger partial charge in [-0.3, -0.25) is 0 Å². The maximum absolute atomic E-state index is 4.45. The number of imidazole rings is 1. The molecule has 0 atom stereocenters. The summed E-state index contributed by atoms with van der Waals surface area (Å²) in [4.78, 5) is 4.45. The molecule has 0 saturated carbocycles. The molecule has 1 aromatic heterocycles. The number of nitrogens with zero attached hydrogens (tertiary/aromatic N) is 2. The van der Waals surface area contributed by atoms with Crippen LogP contribution in [-0.2, 0) is 6.54 Å². The smallest absolute Gasteiger partial charge is 0.178 e. The molecule has 0 amide bonds. The second-order valence-corrected chi connectivity index (χ2v) is 4.58. The Morgan fingerprint density at radius 2 is 2.07 bits per heavy atom. The molecule has 1 aromatic carbocycles. The van der Waals surface area contributed by atoms with E-state index in [0.717, 1.165) is 16.8 Å². The van der Waals surface area contributed by atoms with E-state index in [1.54, 1.807) is 0 Å². The molecule has 2 rings (SSSR count). The summed E-state index contributed by atoms with van der Waals surface area (Å²) in [6, 6.07) is 8.21. The molecule has 0 aliphatic rings. The summed E-state index contributed by atoms with van der Waals surface area (Å²) in [5, 5.41) is 0. The first-order valence-electron chi connectivity index (χ1n) is 4.79. The Bertz CT molecular complexity index is 445. The zero-order valence-corrected chi connectivity index (χ0v) is 9.95. The van der Waals surface area contributed by atoms with Crippen LogP contribution in [0.15, 0.2) is 29.0 Å². The van der Waals surface area contributed by atoms with Gasteiger partial charge in [-0.1, -0.05) is 26.0 Å². The van der Waals surface area contributed by atoms with Crippen LogP contribution in [0.2, 0.25) is 0 Å². The van der Waals surface area contributed by atoms with E-state index in [0.29, 0.717) is 5.92 Å². The summed E-state index contributed by atoms with van der Waals surface area (Å²) in [7, 11) is 0. The van der Waals surface area contributed by atoms with Gasteiger partial charge in [0.05, 0.1) is 11.0 Å². The highest BCUT2D eigenvalue weighted by Crippen LogP contribution is 2.20. The predicted octanol–water partition coefficient (Wildman–Crippen LogP) is 3.45. The summed E-state index contributed by atoms with van der Waals surface area (Å²) in [6.07, 6.45) is 0. The first kappa shape index (κ1) is 9.71. The number of aromatic nitrogens is 2. The number of hydrogen-bond donors (Lipinski definition) is 0. The molecule has 0 aliphatic heterocycles. The molecule has 2 aromatic rings. The molecule has 2 nitrogen and oxygen atoms in total. The number of fused-ring (bicyclic) bond motifs is 1. The standard InChI is InChI=1S/C11H13BrN2/c1-8(2)7-14-10-6-4-3-5-9(10)13-11(14)12/h3-6,8H,7H2,1-2H3. The van der Waals surface area contributed by atoms with Gasteiger partial charge in [-0.2, -0.15) is 0 Å². The van der Waals surface area contributed by atoms with Crippen molar-refractivity contribution in [3.63, 3.8) is 0 Å². The topological polar surface area (TPSA) is 17.8 Å². The van der Waals surface area contributed by atoms with Crippen molar-refractivity contribution >= 4 is 27.0 Å². The van der Waals surface area contributed by atoms with Crippen molar-refractivity contribution in [2.45, 2.75) is 20.4 Å². The van der Waals surface area contributed by atoms with Gasteiger partial charge in [0.15, 0.2) is 4.73 Å².